The maximum Gasteiger partial charge on any atom is 0.410 e. The fourth-order valence-corrected chi connectivity index (χ4v) is 2.56. The number of nitrogens with zero attached hydrogens (tertiary/aromatic N) is 2. The second-order valence-corrected chi connectivity index (χ2v) is 5.28. The molecule has 0 saturated carbocycles. The molecule has 1 aromatic heterocycles. The molecule has 1 aromatic carbocycles. The molecule has 1 heterocycles. The molecule has 0 amide bonds. The highest BCUT2D eigenvalue weighted by molar-refractivity contribution is 7.98. The first-order valence-corrected chi connectivity index (χ1v) is 7.20. The van der Waals surface area contributed by atoms with Gasteiger partial charge in [-0.2, -0.15) is 11.8 Å². The zero-order chi connectivity index (χ0) is 14.7. The maximum absolute atomic E-state index is 12.4. The summed E-state index contributed by atoms with van der Waals surface area (Å²) < 4.78 is 5.73. The third kappa shape index (κ3) is 2.36. The van der Waals surface area contributed by atoms with Crippen LogP contribution < -0.4 is 4.43 Å². The first-order chi connectivity index (χ1) is 9.61. The molecule has 20 heavy (non-hydrogen) atoms. The molecule has 0 fully saturated rings. The van der Waals surface area contributed by atoms with E-state index in [0.29, 0.717) is 9.16 Å². The van der Waals surface area contributed by atoms with Crippen LogP contribution >= 0.6 is 11.8 Å². The zero-order valence-corrected chi connectivity index (χ0v) is 12.0. The van der Waals surface area contributed by atoms with E-state index in [0.717, 1.165) is 5.75 Å². The summed E-state index contributed by atoms with van der Waals surface area (Å²) in [5.41, 5.74) is 0.259. The van der Waals surface area contributed by atoms with Gasteiger partial charge in [0.1, 0.15) is 11.2 Å². The van der Waals surface area contributed by atoms with Gasteiger partial charge in [0.15, 0.2) is 0 Å². The second kappa shape index (κ2) is 5.96. The maximum atomic E-state index is 12.4. The van der Waals surface area contributed by atoms with Gasteiger partial charge in [-0.25, -0.2) is 4.79 Å². The molecule has 0 spiro atoms. The minimum Gasteiger partial charge on any atom is -0.805 e. The topological polar surface area (TPSA) is 77.3 Å². The number of para-hydroxylation sites is 2. The second-order valence-electron chi connectivity index (χ2n) is 4.00. The lowest BCUT2D eigenvalue weighted by Crippen LogP contribution is -2.31. The van der Waals surface area contributed by atoms with Gasteiger partial charge in [0.25, 0.3) is 5.52 Å². The van der Waals surface area contributed by atoms with Gasteiger partial charge in [-0.3, -0.25) is 0 Å². The third-order valence-corrected chi connectivity index (χ3v) is 3.75. The predicted octanol–water partition coefficient (Wildman–Crippen LogP) is 1.94. The molecule has 7 heteroatoms. The Hall–Kier alpha value is -2.02. The van der Waals surface area contributed by atoms with Crippen molar-refractivity contribution in [3.8, 4) is 0 Å². The molecule has 0 radical (unpaired) electrons. The molecule has 2 rings (SSSR count). The largest absolute Gasteiger partial charge is 0.805 e. The van der Waals surface area contributed by atoms with E-state index in [9.17, 15) is 14.9 Å². The Morgan fingerprint density at radius 3 is 2.80 bits per heavy atom. The van der Waals surface area contributed by atoms with Gasteiger partial charge >= 0.3 is 11.7 Å². The summed E-state index contributed by atoms with van der Waals surface area (Å²) in [6, 6.07) is 6.36. The van der Waals surface area contributed by atoms with Gasteiger partial charge in [0, 0.05) is 16.7 Å². The Morgan fingerprint density at radius 2 is 2.15 bits per heavy atom. The van der Waals surface area contributed by atoms with Crippen molar-refractivity contribution in [2.45, 2.75) is 12.7 Å². The van der Waals surface area contributed by atoms with Gasteiger partial charge in [-0.1, -0.05) is 19.1 Å². The number of carbonyl (C=O) groups excluding carboxylic acids is 1. The Bertz CT molecular complexity index is 711. The molecule has 0 bridgehead atoms. The van der Waals surface area contributed by atoms with Gasteiger partial charge in [0.05, 0.1) is 11.5 Å². The fraction of sp³-hybridized carbons (Fsp3) is 0.308. The number of esters is 1. The lowest BCUT2D eigenvalue weighted by atomic mass is 10.2. The minimum atomic E-state index is -0.804. The molecule has 106 valence electrons. The summed E-state index contributed by atoms with van der Waals surface area (Å²) in [5, 5.41) is 12.4. The number of ether oxygens (including phenoxy) is 1. The number of fused-ring (bicyclic) bond motifs is 1. The lowest BCUT2D eigenvalue weighted by Gasteiger charge is -2.18. The van der Waals surface area contributed by atoms with E-state index in [1.807, 2.05) is 6.92 Å². The van der Waals surface area contributed by atoms with Gasteiger partial charge in [-0.05, 0) is 11.8 Å². The van der Waals surface area contributed by atoms with Crippen molar-refractivity contribution in [3.63, 3.8) is 0 Å². The van der Waals surface area contributed by atoms with Crippen LogP contribution in [0, 0.1) is 10.1 Å². The van der Waals surface area contributed by atoms with Crippen molar-refractivity contribution >= 4 is 28.8 Å². The van der Waals surface area contributed by atoms with Crippen molar-refractivity contribution in [3.05, 3.63) is 45.8 Å². The van der Waals surface area contributed by atoms with Crippen LogP contribution in [-0.4, -0.2) is 23.6 Å². The van der Waals surface area contributed by atoms with Gasteiger partial charge in [-0.15, -0.1) is 0 Å². The highest BCUT2D eigenvalue weighted by Crippen LogP contribution is 2.19. The number of methoxy groups -OCH3 is 1. The summed E-state index contributed by atoms with van der Waals surface area (Å²) in [6.07, 6.45) is 0. The molecular weight excluding hydrogens is 280 g/mol. The molecule has 0 saturated heterocycles. The summed E-state index contributed by atoms with van der Waals surface area (Å²) in [6.45, 7) is 1.93. The molecule has 0 N–H and O–H groups in total. The SMILES string of the molecule is CCSCc1c(C(=O)OC)[n+](=O)c2ccccc2n1[O-]. The Balaban J connectivity index is 2.81. The molecule has 0 aliphatic rings. The summed E-state index contributed by atoms with van der Waals surface area (Å²) in [4.78, 5) is 24.1. The molecule has 0 aliphatic heterocycles. The normalized spacial score (nSPS) is 10.7. The average molecular weight is 294 g/mol. The number of aromatic nitrogens is 2. The van der Waals surface area contributed by atoms with Crippen molar-refractivity contribution in [1.82, 2.24) is 4.73 Å². The molecule has 0 unspecified atom stereocenters. The molecular formula is C13H14N2O4S. The number of hydrogen-bond acceptors (Lipinski definition) is 5. The van der Waals surface area contributed by atoms with Crippen molar-refractivity contribution in [2.75, 3.05) is 12.9 Å². The van der Waals surface area contributed by atoms with Gasteiger partial charge < -0.3 is 14.7 Å². The zero-order valence-electron chi connectivity index (χ0n) is 11.2. The third-order valence-electron chi connectivity index (χ3n) is 2.86. The molecule has 2 aromatic rings. The van der Waals surface area contributed by atoms with Crippen LogP contribution in [0.25, 0.3) is 11.0 Å². The lowest BCUT2D eigenvalue weighted by molar-refractivity contribution is -0.469. The van der Waals surface area contributed by atoms with Crippen LogP contribution in [0.4, 0.5) is 0 Å². The number of hydrogen-bond donors (Lipinski definition) is 0. The number of carbonyl (C=O) groups is 1. The molecule has 0 aliphatic carbocycles. The standard InChI is InChI=1S/C13H14N2O4S/c1-3-20-8-11-12(13(16)19-2)15(18)10-7-5-4-6-9(10)14(11)17/h4-7H,3,8H2,1-2H3. The van der Waals surface area contributed by atoms with E-state index in [4.69, 9.17) is 0 Å². The molecule has 0 atom stereocenters. The monoisotopic (exact) mass is 294 g/mol. The first kappa shape index (κ1) is 14.4. The van der Waals surface area contributed by atoms with E-state index in [1.54, 1.807) is 18.2 Å². The quantitative estimate of drug-likeness (QED) is 0.636. The van der Waals surface area contributed by atoms with E-state index in [1.165, 1.54) is 24.9 Å². The average Bonchev–Trinajstić information content (AvgIpc) is 2.48. The Kier molecular flexibility index (Phi) is 4.29. The molecule has 6 nitrogen and oxygen atoms in total. The van der Waals surface area contributed by atoms with E-state index in [-0.39, 0.29) is 28.2 Å². The van der Waals surface area contributed by atoms with E-state index < -0.39 is 5.97 Å². The van der Waals surface area contributed by atoms with E-state index in [2.05, 4.69) is 4.74 Å². The van der Waals surface area contributed by atoms with Gasteiger partial charge in [0.2, 0.25) is 0 Å². The van der Waals surface area contributed by atoms with Crippen LogP contribution in [0.15, 0.2) is 24.3 Å². The van der Waals surface area contributed by atoms with Crippen molar-refractivity contribution < 1.29 is 14.0 Å². The highest BCUT2D eigenvalue weighted by Gasteiger charge is 2.29. The smallest absolute Gasteiger partial charge is 0.410 e. The van der Waals surface area contributed by atoms with Crippen LogP contribution in [0.1, 0.15) is 23.1 Å². The summed E-state index contributed by atoms with van der Waals surface area (Å²) in [5.74, 6) is 0.242. The minimum absolute atomic E-state index is 0.123. The van der Waals surface area contributed by atoms with E-state index >= 15 is 0 Å². The van der Waals surface area contributed by atoms with Crippen LogP contribution in [-0.2, 0) is 10.5 Å². The Labute approximate surface area is 119 Å². The number of rotatable bonds is 4. The number of benzene rings is 1. The van der Waals surface area contributed by atoms with Crippen LogP contribution in [0.3, 0.4) is 0 Å². The van der Waals surface area contributed by atoms with Crippen LogP contribution in [0.5, 0.6) is 0 Å². The predicted molar refractivity (Wildman–Crippen MR) is 77.2 cm³/mol. The van der Waals surface area contributed by atoms with Crippen LogP contribution in [0.2, 0.25) is 0 Å². The van der Waals surface area contributed by atoms with Crippen molar-refractivity contribution in [1.29, 1.82) is 0 Å². The van der Waals surface area contributed by atoms with Crippen molar-refractivity contribution in [2.24, 2.45) is 0 Å². The fourth-order valence-electron chi connectivity index (χ4n) is 1.91. The highest BCUT2D eigenvalue weighted by atomic mass is 32.2. The summed E-state index contributed by atoms with van der Waals surface area (Å²) in [7, 11) is 1.18. The summed E-state index contributed by atoms with van der Waals surface area (Å²) >= 11 is 1.45. The first-order valence-electron chi connectivity index (χ1n) is 6.04. The number of thioether (sulfide) groups is 1. The Morgan fingerprint density at radius 1 is 1.45 bits per heavy atom.